The summed E-state index contributed by atoms with van der Waals surface area (Å²) in [6.45, 7) is 0.654. The second kappa shape index (κ2) is 6.37. The molecule has 4 rings (SSSR count). The van der Waals surface area contributed by atoms with E-state index in [0.717, 1.165) is 36.1 Å². The number of rotatable bonds is 2. The fourth-order valence-corrected chi connectivity index (χ4v) is 4.24. The average molecular weight is 372 g/mol. The Hall–Kier alpha value is -2.44. The van der Waals surface area contributed by atoms with E-state index in [2.05, 4.69) is 4.98 Å². The van der Waals surface area contributed by atoms with Crippen LogP contribution in [0.5, 0.6) is 0 Å². The van der Waals surface area contributed by atoms with E-state index in [0.29, 0.717) is 23.6 Å². The van der Waals surface area contributed by atoms with Gasteiger partial charge in [-0.3, -0.25) is 19.8 Å². The van der Waals surface area contributed by atoms with Crippen LogP contribution < -0.4 is 10.4 Å². The Kier molecular flexibility index (Phi) is 4.17. The highest BCUT2D eigenvalue weighted by Crippen LogP contribution is 2.45. The summed E-state index contributed by atoms with van der Waals surface area (Å²) in [5.41, 5.74) is 4.56. The van der Waals surface area contributed by atoms with E-state index in [-0.39, 0.29) is 5.91 Å². The van der Waals surface area contributed by atoms with Gasteiger partial charge in [0.2, 0.25) is 5.91 Å². The maximum absolute atomic E-state index is 13.2. The van der Waals surface area contributed by atoms with Crippen molar-refractivity contribution in [1.29, 1.82) is 0 Å². The van der Waals surface area contributed by atoms with Crippen LogP contribution in [0.4, 0.5) is 5.69 Å². The van der Waals surface area contributed by atoms with Crippen LogP contribution in [0, 0.1) is 5.41 Å². The summed E-state index contributed by atoms with van der Waals surface area (Å²) in [7, 11) is 0. The van der Waals surface area contributed by atoms with E-state index in [9.17, 15) is 9.59 Å². The van der Waals surface area contributed by atoms with Crippen LogP contribution in [0.3, 0.4) is 0 Å². The molecule has 1 fully saturated rings. The topological polar surface area (TPSA) is 82.5 Å². The van der Waals surface area contributed by atoms with Crippen LogP contribution in [0.25, 0.3) is 0 Å². The van der Waals surface area contributed by atoms with Crippen LogP contribution in [0.1, 0.15) is 34.3 Å². The number of hydroxylamine groups is 1. The maximum atomic E-state index is 13.2. The molecule has 1 saturated heterocycles. The lowest BCUT2D eigenvalue weighted by Crippen LogP contribution is -2.38. The van der Waals surface area contributed by atoms with Gasteiger partial charge in [0.1, 0.15) is 0 Å². The summed E-state index contributed by atoms with van der Waals surface area (Å²) in [5, 5.41) is 9.30. The normalized spacial score (nSPS) is 21.8. The number of pyridine rings is 1. The maximum Gasteiger partial charge on any atom is 0.274 e. The molecule has 0 bridgehead atoms. The second-order valence-corrected chi connectivity index (χ2v) is 7.39. The summed E-state index contributed by atoms with van der Waals surface area (Å²) in [6, 6.07) is 7.13. The van der Waals surface area contributed by atoms with Crippen molar-refractivity contribution in [3.63, 3.8) is 0 Å². The Morgan fingerprint density at radius 1 is 1.23 bits per heavy atom. The van der Waals surface area contributed by atoms with Gasteiger partial charge in [0.05, 0.1) is 22.3 Å². The fourth-order valence-electron chi connectivity index (χ4n) is 4.07. The first-order valence-electron chi connectivity index (χ1n) is 8.51. The van der Waals surface area contributed by atoms with Gasteiger partial charge in [-0.15, -0.1) is 0 Å². The summed E-state index contributed by atoms with van der Waals surface area (Å²) in [5.74, 6) is -0.408. The number of benzene rings is 1. The zero-order valence-corrected chi connectivity index (χ0v) is 14.8. The van der Waals surface area contributed by atoms with Crippen molar-refractivity contribution >= 4 is 29.1 Å². The lowest BCUT2D eigenvalue weighted by molar-refractivity contribution is -0.126. The standard InChI is InChI=1S/C19H18ClN3O3/c20-15-8-16(11-21-10-15)23-6-5-19(18(23)25)4-3-12-7-13(17(24)22-26)1-2-14(12)9-19/h1-2,7-8,10-11,26H,3-6,9H2,(H,22,24)/t19-/m1/s1. The zero-order chi connectivity index (χ0) is 18.3. The largest absolute Gasteiger partial charge is 0.310 e. The molecule has 2 N–H and O–H groups in total. The fraction of sp³-hybridized carbons (Fsp3) is 0.316. The number of carbonyl (C=O) groups is 2. The summed E-state index contributed by atoms with van der Waals surface area (Å²) in [6.07, 6.45) is 6.14. The highest BCUT2D eigenvalue weighted by atomic mass is 35.5. The van der Waals surface area contributed by atoms with Gasteiger partial charge in [-0.2, -0.15) is 0 Å². The number of nitrogens with zero attached hydrogens (tertiary/aromatic N) is 2. The summed E-state index contributed by atoms with van der Waals surface area (Å²) < 4.78 is 0. The number of aryl methyl sites for hydroxylation is 1. The van der Waals surface area contributed by atoms with Gasteiger partial charge < -0.3 is 4.90 Å². The van der Waals surface area contributed by atoms with Gasteiger partial charge in [0.15, 0.2) is 0 Å². The third-order valence-electron chi connectivity index (χ3n) is 5.49. The van der Waals surface area contributed by atoms with E-state index in [1.54, 1.807) is 41.0 Å². The number of anilines is 1. The van der Waals surface area contributed by atoms with Crippen molar-refractivity contribution < 1.29 is 14.8 Å². The first-order chi connectivity index (χ1) is 12.5. The molecular formula is C19H18ClN3O3. The van der Waals surface area contributed by atoms with E-state index in [1.807, 2.05) is 6.07 Å². The third kappa shape index (κ3) is 2.75. The molecule has 2 heterocycles. The van der Waals surface area contributed by atoms with Crippen molar-refractivity contribution in [2.75, 3.05) is 11.4 Å². The molecule has 2 aromatic rings. The minimum absolute atomic E-state index is 0.115. The van der Waals surface area contributed by atoms with Gasteiger partial charge in [-0.1, -0.05) is 17.7 Å². The Morgan fingerprint density at radius 2 is 2.08 bits per heavy atom. The van der Waals surface area contributed by atoms with Crippen molar-refractivity contribution in [3.8, 4) is 0 Å². The summed E-state index contributed by atoms with van der Waals surface area (Å²) >= 11 is 6.02. The quantitative estimate of drug-likeness (QED) is 0.628. The van der Waals surface area contributed by atoms with Crippen molar-refractivity contribution in [2.45, 2.75) is 25.7 Å². The van der Waals surface area contributed by atoms with Crippen LogP contribution in [0.2, 0.25) is 5.02 Å². The SMILES string of the molecule is O=C(NO)c1ccc2c(c1)CC[C@@]1(CCN(c3cncc(Cl)c3)C1=O)C2. The molecule has 6 nitrogen and oxygen atoms in total. The predicted octanol–water partition coefficient (Wildman–Crippen LogP) is 2.77. The molecule has 2 amide bonds. The first kappa shape index (κ1) is 17.0. The minimum atomic E-state index is -0.523. The van der Waals surface area contributed by atoms with Crippen molar-refractivity contribution in [3.05, 3.63) is 58.4 Å². The molecule has 0 unspecified atom stereocenters. The number of fused-ring (bicyclic) bond motifs is 1. The van der Waals surface area contributed by atoms with E-state index in [1.165, 1.54) is 0 Å². The zero-order valence-electron chi connectivity index (χ0n) is 14.0. The number of hydrogen-bond donors (Lipinski definition) is 2. The predicted molar refractivity (Wildman–Crippen MR) is 96.4 cm³/mol. The number of hydrogen-bond acceptors (Lipinski definition) is 4. The number of carbonyl (C=O) groups excluding carboxylic acids is 2. The van der Waals surface area contributed by atoms with Gasteiger partial charge in [0.25, 0.3) is 5.91 Å². The molecule has 2 aliphatic rings. The number of nitrogens with one attached hydrogen (secondary N) is 1. The van der Waals surface area contributed by atoms with Crippen molar-refractivity contribution in [1.82, 2.24) is 10.5 Å². The highest BCUT2D eigenvalue weighted by molar-refractivity contribution is 6.30. The molecular weight excluding hydrogens is 354 g/mol. The smallest absolute Gasteiger partial charge is 0.274 e. The van der Waals surface area contributed by atoms with Crippen LogP contribution >= 0.6 is 11.6 Å². The lowest BCUT2D eigenvalue weighted by atomic mass is 9.70. The minimum Gasteiger partial charge on any atom is -0.310 e. The Bertz CT molecular complexity index is 901. The van der Waals surface area contributed by atoms with Crippen LogP contribution in [-0.4, -0.2) is 28.6 Å². The van der Waals surface area contributed by atoms with Crippen LogP contribution in [0.15, 0.2) is 36.7 Å². The Balaban J connectivity index is 1.60. The van der Waals surface area contributed by atoms with E-state index in [4.69, 9.17) is 16.8 Å². The molecule has 0 radical (unpaired) electrons. The monoisotopic (exact) mass is 371 g/mol. The van der Waals surface area contributed by atoms with Gasteiger partial charge in [0, 0.05) is 18.3 Å². The first-order valence-corrected chi connectivity index (χ1v) is 8.89. The van der Waals surface area contributed by atoms with Crippen molar-refractivity contribution in [2.24, 2.45) is 5.41 Å². The Morgan fingerprint density at radius 3 is 2.85 bits per heavy atom. The highest BCUT2D eigenvalue weighted by Gasteiger charge is 2.48. The van der Waals surface area contributed by atoms with Gasteiger partial charge in [-0.25, -0.2) is 5.48 Å². The van der Waals surface area contributed by atoms with Crippen LogP contribution in [-0.2, 0) is 17.6 Å². The van der Waals surface area contributed by atoms with E-state index >= 15 is 0 Å². The molecule has 134 valence electrons. The molecule has 1 aliphatic carbocycles. The molecule has 1 aromatic heterocycles. The lowest BCUT2D eigenvalue weighted by Gasteiger charge is -2.33. The number of aromatic nitrogens is 1. The van der Waals surface area contributed by atoms with Gasteiger partial charge in [-0.05, 0) is 55.0 Å². The summed E-state index contributed by atoms with van der Waals surface area (Å²) in [4.78, 5) is 30.6. The molecule has 1 spiro atoms. The Labute approximate surface area is 155 Å². The molecule has 0 saturated carbocycles. The average Bonchev–Trinajstić information content (AvgIpc) is 2.96. The third-order valence-corrected chi connectivity index (χ3v) is 5.69. The van der Waals surface area contributed by atoms with Gasteiger partial charge >= 0.3 is 0 Å². The molecule has 1 atom stereocenters. The number of amides is 2. The van der Waals surface area contributed by atoms with E-state index < -0.39 is 11.3 Å². The molecule has 26 heavy (non-hydrogen) atoms. The number of halogens is 1. The molecule has 1 aliphatic heterocycles. The second-order valence-electron chi connectivity index (χ2n) is 6.95. The molecule has 7 heteroatoms. The molecule has 1 aromatic carbocycles.